The van der Waals surface area contributed by atoms with Gasteiger partial charge in [0.15, 0.2) is 5.82 Å². The van der Waals surface area contributed by atoms with Gasteiger partial charge in [0.1, 0.15) is 0 Å². The molecule has 0 saturated heterocycles. The van der Waals surface area contributed by atoms with Gasteiger partial charge < -0.3 is 9.63 Å². The van der Waals surface area contributed by atoms with Gasteiger partial charge in [-0.25, -0.2) is 0 Å². The Bertz CT molecular complexity index is 620. The average Bonchev–Trinajstić information content (AvgIpc) is 2.86. The van der Waals surface area contributed by atoms with E-state index in [-0.39, 0.29) is 6.42 Å². The van der Waals surface area contributed by atoms with Crippen LogP contribution in [0.15, 0.2) is 22.7 Å². The molecule has 0 atom stereocenters. The molecule has 0 amide bonds. The number of carbonyl (C=O) groups is 1. The van der Waals surface area contributed by atoms with Crippen LogP contribution in [0.3, 0.4) is 0 Å². The van der Waals surface area contributed by atoms with Crippen LogP contribution in [0.1, 0.15) is 47.7 Å². The lowest BCUT2D eigenvalue weighted by atomic mass is 10.0. The largest absolute Gasteiger partial charge is 0.481 e. The quantitative estimate of drug-likeness (QED) is 0.792. The van der Waals surface area contributed by atoms with Gasteiger partial charge in [0, 0.05) is 19.3 Å². The lowest BCUT2D eigenvalue weighted by molar-refractivity contribution is -0.137. The smallest absolute Gasteiger partial charge is 0.303 e. The van der Waals surface area contributed by atoms with Crippen LogP contribution in [-0.4, -0.2) is 21.2 Å². The summed E-state index contributed by atoms with van der Waals surface area (Å²) < 4.78 is 5.19. The van der Waals surface area contributed by atoms with Gasteiger partial charge in [-0.2, -0.15) is 4.98 Å². The third-order valence-corrected chi connectivity index (χ3v) is 3.47. The summed E-state index contributed by atoms with van der Waals surface area (Å²) in [6.07, 6.45) is 2.85. The van der Waals surface area contributed by atoms with Gasteiger partial charge in [-0.15, -0.1) is 0 Å². The number of hydrogen-bond acceptors (Lipinski definition) is 4. The van der Waals surface area contributed by atoms with Crippen LogP contribution in [-0.2, 0) is 17.6 Å². The standard InChI is InChI=1S/C16H20N2O3/c1-11-7-8-13(9-12(11)2)10-14-17-15(21-18-14)5-3-4-6-16(19)20/h7-9H,3-6,10H2,1-2H3,(H,19,20). The molecule has 2 aromatic rings. The maximum atomic E-state index is 10.4. The first-order chi connectivity index (χ1) is 10.0. The predicted molar refractivity (Wildman–Crippen MR) is 78.2 cm³/mol. The zero-order valence-corrected chi connectivity index (χ0v) is 12.4. The molecule has 0 bridgehead atoms. The van der Waals surface area contributed by atoms with Gasteiger partial charge in [-0.1, -0.05) is 23.4 Å². The Hall–Kier alpha value is -2.17. The van der Waals surface area contributed by atoms with Crippen molar-refractivity contribution < 1.29 is 14.4 Å². The molecule has 2 rings (SSSR count). The Balaban J connectivity index is 1.87. The zero-order chi connectivity index (χ0) is 15.2. The molecule has 1 heterocycles. The van der Waals surface area contributed by atoms with Gasteiger partial charge in [0.05, 0.1) is 0 Å². The van der Waals surface area contributed by atoms with E-state index in [1.165, 1.54) is 11.1 Å². The number of aryl methyl sites for hydroxylation is 3. The second kappa shape index (κ2) is 7.02. The molecule has 0 aliphatic rings. The molecule has 0 unspecified atom stereocenters. The van der Waals surface area contributed by atoms with Crippen LogP contribution in [0.2, 0.25) is 0 Å². The second-order valence-corrected chi connectivity index (χ2v) is 5.30. The summed E-state index contributed by atoms with van der Waals surface area (Å²) in [6.45, 7) is 4.17. The van der Waals surface area contributed by atoms with Crippen molar-refractivity contribution in [1.29, 1.82) is 0 Å². The lowest BCUT2D eigenvalue weighted by Gasteiger charge is -2.02. The predicted octanol–water partition coefficient (Wildman–Crippen LogP) is 3.07. The SMILES string of the molecule is Cc1ccc(Cc2noc(CCCCC(=O)O)n2)cc1C. The first-order valence-electron chi connectivity index (χ1n) is 7.14. The Morgan fingerprint density at radius 2 is 2.05 bits per heavy atom. The molecule has 0 fully saturated rings. The maximum Gasteiger partial charge on any atom is 0.303 e. The van der Waals surface area contributed by atoms with Crippen molar-refractivity contribution >= 4 is 5.97 Å². The van der Waals surface area contributed by atoms with Crippen molar-refractivity contribution in [1.82, 2.24) is 10.1 Å². The Morgan fingerprint density at radius 1 is 1.24 bits per heavy atom. The molecule has 0 aliphatic carbocycles. The first-order valence-corrected chi connectivity index (χ1v) is 7.14. The van der Waals surface area contributed by atoms with Crippen molar-refractivity contribution in [3.63, 3.8) is 0 Å². The van der Waals surface area contributed by atoms with E-state index in [1.54, 1.807) is 0 Å². The second-order valence-electron chi connectivity index (χ2n) is 5.30. The highest BCUT2D eigenvalue weighted by molar-refractivity contribution is 5.66. The molecule has 1 aromatic carbocycles. The van der Waals surface area contributed by atoms with Gasteiger partial charge >= 0.3 is 5.97 Å². The summed E-state index contributed by atoms with van der Waals surface area (Å²) in [6, 6.07) is 6.31. The third kappa shape index (κ3) is 4.70. The highest BCUT2D eigenvalue weighted by Crippen LogP contribution is 2.13. The molecule has 5 nitrogen and oxygen atoms in total. The summed E-state index contributed by atoms with van der Waals surface area (Å²) >= 11 is 0. The molecule has 0 aliphatic heterocycles. The number of aromatic nitrogens is 2. The van der Waals surface area contributed by atoms with Crippen molar-refractivity contribution in [2.45, 2.75) is 46.0 Å². The highest BCUT2D eigenvalue weighted by atomic mass is 16.5. The molecular weight excluding hydrogens is 268 g/mol. The number of carboxylic acids is 1. The molecule has 112 valence electrons. The molecule has 0 radical (unpaired) electrons. The van der Waals surface area contributed by atoms with E-state index in [4.69, 9.17) is 9.63 Å². The van der Waals surface area contributed by atoms with Crippen molar-refractivity contribution in [3.8, 4) is 0 Å². The van der Waals surface area contributed by atoms with E-state index < -0.39 is 5.97 Å². The van der Waals surface area contributed by atoms with Gasteiger partial charge in [-0.3, -0.25) is 4.79 Å². The van der Waals surface area contributed by atoms with Crippen LogP contribution >= 0.6 is 0 Å². The fourth-order valence-corrected chi connectivity index (χ4v) is 2.11. The number of carboxylic acid groups (broad SMARTS) is 1. The monoisotopic (exact) mass is 288 g/mol. The molecule has 1 aromatic heterocycles. The Labute approximate surface area is 124 Å². The minimum absolute atomic E-state index is 0.184. The van der Waals surface area contributed by atoms with Crippen molar-refractivity contribution in [2.75, 3.05) is 0 Å². The van der Waals surface area contributed by atoms with Crippen LogP contribution in [0.5, 0.6) is 0 Å². The molecule has 5 heteroatoms. The number of nitrogens with zero attached hydrogens (tertiary/aromatic N) is 2. The zero-order valence-electron chi connectivity index (χ0n) is 12.4. The average molecular weight is 288 g/mol. The number of rotatable bonds is 7. The molecular formula is C16H20N2O3. The highest BCUT2D eigenvalue weighted by Gasteiger charge is 2.08. The van der Waals surface area contributed by atoms with Crippen LogP contribution < -0.4 is 0 Å². The van der Waals surface area contributed by atoms with Gasteiger partial charge in [0.2, 0.25) is 5.89 Å². The van der Waals surface area contributed by atoms with E-state index in [1.807, 2.05) is 0 Å². The van der Waals surface area contributed by atoms with E-state index >= 15 is 0 Å². The lowest BCUT2D eigenvalue weighted by Crippen LogP contribution is -1.95. The van der Waals surface area contributed by atoms with Crippen LogP contribution in [0.4, 0.5) is 0 Å². The normalized spacial score (nSPS) is 10.8. The van der Waals surface area contributed by atoms with Crippen molar-refractivity contribution in [2.24, 2.45) is 0 Å². The summed E-state index contributed by atoms with van der Waals surface area (Å²) in [5.41, 5.74) is 3.69. The minimum Gasteiger partial charge on any atom is -0.481 e. The van der Waals surface area contributed by atoms with Crippen molar-refractivity contribution in [3.05, 3.63) is 46.6 Å². The number of hydrogen-bond donors (Lipinski definition) is 1. The fourth-order valence-electron chi connectivity index (χ4n) is 2.11. The summed E-state index contributed by atoms with van der Waals surface area (Å²) in [4.78, 5) is 14.8. The summed E-state index contributed by atoms with van der Waals surface area (Å²) in [5, 5.41) is 12.5. The van der Waals surface area contributed by atoms with E-state index in [0.29, 0.717) is 31.0 Å². The molecule has 0 saturated carbocycles. The van der Waals surface area contributed by atoms with E-state index in [2.05, 4.69) is 42.2 Å². The Kier molecular flexibility index (Phi) is 5.09. The topological polar surface area (TPSA) is 76.2 Å². The third-order valence-electron chi connectivity index (χ3n) is 3.47. The number of benzene rings is 1. The van der Waals surface area contributed by atoms with Crippen LogP contribution in [0, 0.1) is 13.8 Å². The fraction of sp³-hybridized carbons (Fsp3) is 0.438. The molecule has 1 N–H and O–H groups in total. The molecule has 21 heavy (non-hydrogen) atoms. The minimum atomic E-state index is -0.768. The number of unbranched alkanes of at least 4 members (excludes halogenated alkanes) is 1. The first kappa shape index (κ1) is 15.2. The Morgan fingerprint density at radius 3 is 2.76 bits per heavy atom. The maximum absolute atomic E-state index is 10.4. The van der Waals surface area contributed by atoms with Crippen LogP contribution in [0.25, 0.3) is 0 Å². The van der Waals surface area contributed by atoms with Gasteiger partial charge in [-0.05, 0) is 43.4 Å². The van der Waals surface area contributed by atoms with E-state index in [0.717, 1.165) is 12.0 Å². The van der Waals surface area contributed by atoms with E-state index in [9.17, 15) is 4.79 Å². The molecule has 0 spiro atoms. The summed E-state index contributed by atoms with van der Waals surface area (Å²) in [7, 11) is 0. The number of aliphatic carboxylic acids is 1. The summed E-state index contributed by atoms with van der Waals surface area (Å²) in [5.74, 6) is 0.488. The van der Waals surface area contributed by atoms with Gasteiger partial charge in [0.25, 0.3) is 0 Å².